The van der Waals surface area contributed by atoms with Gasteiger partial charge in [0, 0.05) is 34.6 Å². The predicted octanol–water partition coefficient (Wildman–Crippen LogP) is 5.87. The lowest BCUT2D eigenvalue weighted by molar-refractivity contribution is -0.143. The lowest BCUT2D eigenvalue weighted by atomic mass is 9.99. The van der Waals surface area contributed by atoms with E-state index in [0.29, 0.717) is 17.5 Å². The Morgan fingerprint density at radius 3 is 2.06 bits per heavy atom. The molecule has 0 aliphatic rings. The largest absolute Gasteiger partial charge is 0.508 e. The Labute approximate surface area is 182 Å². The van der Waals surface area contributed by atoms with Gasteiger partial charge in [0.05, 0.1) is 16.8 Å². The molecule has 2 N–H and O–H groups in total. The molecule has 0 spiro atoms. The second kappa shape index (κ2) is 8.57. The van der Waals surface area contributed by atoms with Crippen molar-refractivity contribution in [3.8, 4) is 16.9 Å². The van der Waals surface area contributed by atoms with E-state index in [9.17, 15) is 41.0 Å². The molecule has 11 heteroatoms. The van der Waals surface area contributed by atoms with Gasteiger partial charge in [-0.25, -0.2) is 0 Å². The lowest BCUT2D eigenvalue weighted by Gasteiger charge is -2.16. The minimum absolute atomic E-state index is 0.107. The quantitative estimate of drug-likeness (QED) is 0.371. The first-order valence-electron chi connectivity index (χ1n) is 9.15. The summed E-state index contributed by atoms with van der Waals surface area (Å²) >= 11 is 0. The second-order valence-corrected chi connectivity index (χ2v) is 7.01. The fraction of sp³-hybridized carbons (Fsp3) is 0.136. The first-order chi connectivity index (χ1) is 15.3. The van der Waals surface area contributed by atoms with Gasteiger partial charge in [-0.1, -0.05) is 6.07 Å². The highest BCUT2D eigenvalue weighted by atomic mass is 19.4. The molecule has 1 aromatic heterocycles. The summed E-state index contributed by atoms with van der Waals surface area (Å²) in [6, 6.07) is 5.77. The minimum atomic E-state index is -5.14. The summed E-state index contributed by atoms with van der Waals surface area (Å²) < 4.78 is 78.5. The molecule has 3 rings (SSSR count). The number of aromatic hydroxyl groups is 1. The number of hydrogen-bond donors (Lipinski definition) is 2. The number of aldehydes is 1. The Balaban J connectivity index is 2.08. The number of phenolic OH excluding ortho intramolecular Hbond substituents is 1. The van der Waals surface area contributed by atoms with Gasteiger partial charge in [-0.15, -0.1) is 0 Å². The summed E-state index contributed by atoms with van der Waals surface area (Å²) in [5.41, 5.74) is -3.55. The van der Waals surface area contributed by atoms with Crippen molar-refractivity contribution in [3.63, 3.8) is 0 Å². The van der Waals surface area contributed by atoms with Crippen LogP contribution < -0.4 is 5.32 Å². The Morgan fingerprint density at radius 2 is 1.58 bits per heavy atom. The van der Waals surface area contributed by atoms with E-state index in [0.717, 1.165) is 6.07 Å². The molecule has 0 radical (unpaired) electrons. The first kappa shape index (κ1) is 23.8. The number of carbonyl (C=O) groups is 2. The van der Waals surface area contributed by atoms with E-state index in [1.165, 1.54) is 12.3 Å². The van der Waals surface area contributed by atoms with E-state index in [1.807, 2.05) is 0 Å². The summed E-state index contributed by atoms with van der Waals surface area (Å²) in [4.78, 5) is 28.4. The van der Waals surface area contributed by atoms with Crippen LogP contribution in [0.4, 0.5) is 32.0 Å². The van der Waals surface area contributed by atoms with Crippen LogP contribution in [0, 0.1) is 6.92 Å². The zero-order valence-electron chi connectivity index (χ0n) is 16.7. The summed E-state index contributed by atoms with van der Waals surface area (Å²) in [6.07, 6.45) is -8.55. The van der Waals surface area contributed by atoms with E-state index in [1.54, 1.807) is 19.1 Å². The molecule has 0 bridgehead atoms. The van der Waals surface area contributed by atoms with E-state index in [2.05, 4.69) is 10.3 Å². The Morgan fingerprint density at radius 1 is 0.970 bits per heavy atom. The van der Waals surface area contributed by atoms with Gasteiger partial charge in [0.15, 0.2) is 6.29 Å². The first-order valence-corrected chi connectivity index (χ1v) is 9.15. The molecule has 0 unspecified atom stereocenters. The molecule has 0 fully saturated rings. The van der Waals surface area contributed by atoms with E-state index >= 15 is 0 Å². The normalized spacial score (nSPS) is 11.8. The molecule has 0 aliphatic carbocycles. The van der Waals surface area contributed by atoms with Gasteiger partial charge in [-0.2, -0.15) is 26.3 Å². The average Bonchev–Trinajstić information content (AvgIpc) is 2.72. The van der Waals surface area contributed by atoms with Gasteiger partial charge in [-0.3, -0.25) is 14.6 Å². The summed E-state index contributed by atoms with van der Waals surface area (Å²) in [5.74, 6) is -1.75. The maximum absolute atomic E-state index is 13.1. The predicted molar refractivity (Wildman–Crippen MR) is 106 cm³/mol. The lowest BCUT2D eigenvalue weighted by Crippen LogP contribution is -2.18. The monoisotopic (exact) mass is 468 g/mol. The van der Waals surface area contributed by atoms with Gasteiger partial charge in [0.25, 0.3) is 5.91 Å². The molecule has 0 aliphatic heterocycles. The molecule has 33 heavy (non-hydrogen) atoms. The van der Waals surface area contributed by atoms with Crippen molar-refractivity contribution in [1.82, 2.24) is 4.98 Å². The number of hydrogen-bond acceptors (Lipinski definition) is 4. The zero-order valence-corrected chi connectivity index (χ0v) is 16.7. The van der Waals surface area contributed by atoms with Crippen LogP contribution >= 0.6 is 0 Å². The standard InChI is InChI=1S/C22H14F6N2O3/c1-11-2-3-12(9-29-11)17-7-16(32)8-19(18(17)10-31)30-20(33)13-4-14(21(23,24)25)6-15(5-13)22(26,27)28/h2-10,32H,1H3,(H,30,33). The fourth-order valence-electron chi connectivity index (χ4n) is 3.01. The Bertz CT molecular complexity index is 1190. The van der Waals surface area contributed by atoms with Crippen molar-refractivity contribution in [2.75, 3.05) is 5.32 Å². The third-order valence-corrected chi connectivity index (χ3v) is 4.60. The number of nitrogens with one attached hydrogen (secondary N) is 1. The molecule has 5 nitrogen and oxygen atoms in total. The highest BCUT2D eigenvalue weighted by molar-refractivity contribution is 6.08. The topological polar surface area (TPSA) is 79.3 Å². The van der Waals surface area contributed by atoms with E-state index in [4.69, 9.17) is 0 Å². The minimum Gasteiger partial charge on any atom is -0.508 e. The number of aromatic nitrogens is 1. The molecular formula is C22H14F6N2O3. The molecule has 0 atom stereocenters. The van der Waals surface area contributed by atoms with Crippen molar-refractivity contribution in [2.45, 2.75) is 19.3 Å². The van der Waals surface area contributed by atoms with Crippen molar-refractivity contribution < 1.29 is 41.0 Å². The molecule has 0 saturated carbocycles. The molecule has 2 aromatic carbocycles. The van der Waals surface area contributed by atoms with Crippen LogP contribution in [0.5, 0.6) is 5.75 Å². The van der Waals surface area contributed by atoms with Crippen LogP contribution in [-0.4, -0.2) is 22.3 Å². The number of phenols is 1. The molecule has 1 amide bonds. The second-order valence-electron chi connectivity index (χ2n) is 7.01. The fourth-order valence-corrected chi connectivity index (χ4v) is 3.01. The number of carbonyl (C=O) groups excluding carboxylic acids is 2. The number of aryl methyl sites for hydroxylation is 1. The van der Waals surface area contributed by atoms with Gasteiger partial charge < -0.3 is 10.4 Å². The van der Waals surface area contributed by atoms with Gasteiger partial charge in [0.2, 0.25) is 0 Å². The number of rotatable bonds is 4. The van der Waals surface area contributed by atoms with Crippen molar-refractivity contribution in [1.29, 1.82) is 0 Å². The molecular weight excluding hydrogens is 454 g/mol. The number of halogens is 6. The van der Waals surface area contributed by atoms with E-state index < -0.39 is 40.7 Å². The average molecular weight is 468 g/mol. The molecule has 172 valence electrons. The van der Waals surface area contributed by atoms with Crippen LogP contribution in [0.25, 0.3) is 11.1 Å². The van der Waals surface area contributed by atoms with Crippen LogP contribution in [0.1, 0.15) is 37.5 Å². The van der Waals surface area contributed by atoms with Crippen LogP contribution in [0.2, 0.25) is 0 Å². The van der Waals surface area contributed by atoms with Crippen LogP contribution in [0.15, 0.2) is 48.7 Å². The number of amides is 1. The molecule has 0 saturated heterocycles. The van der Waals surface area contributed by atoms with Crippen molar-refractivity contribution >= 4 is 17.9 Å². The van der Waals surface area contributed by atoms with Crippen molar-refractivity contribution in [2.24, 2.45) is 0 Å². The highest BCUT2D eigenvalue weighted by Gasteiger charge is 2.37. The number of anilines is 1. The van der Waals surface area contributed by atoms with Crippen LogP contribution in [-0.2, 0) is 12.4 Å². The Hall–Kier alpha value is -3.89. The Kier molecular flexibility index (Phi) is 6.17. The number of benzene rings is 2. The summed E-state index contributed by atoms with van der Waals surface area (Å²) in [7, 11) is 0. The summed E-state index contributed by atoms with van der Waals surface area (Å²) in [5, 5.41) is 12.1. The number of pyridine rings is 1. The molecule has 1 heterocycles. The van der Waals surface area contributed by atoms with Gasteiger partial charge in [-0.05, 0) is 42.8 Å². The maximum atomic E-state index is 13.1. The maximum Gasteiger partial charge on any atom is 0.416 e. The highest BCUT2D eigenvalue weighted by Crippen LogP contribution is 2.37. The van der Waals surface area contributed by atoms with E-state index in [-0.39, 0.29) is 35.0 Å². The zero-order chi connectivity index (χ0) is 24.6. The molecule has 3 aromatic rings. The third kappa shape index (κ3) is 5.30. The smallest absolute Gasteiger partial charge is 0.416 e. The van der Waals surface area contributed by atoms with Gasteiger partial charge >= 0.3 is 12.4 Å². The summed E-state index contributed by atoms with van der Waals surface area (Å²) in [6.45, 7) is 1.71. The van der Waals surface area contributed by atoms with Crippen molar-refractivity contribution in [3.05, 3.63) is 76.6 Å². The number of nitrogens with zero attached hydrogens (tertiary/aromatic N) is 1. The SMILES string of the molecule is Cc1ccc(-c2cc(O)cc(NC(=O)c3cc(C(F)(F)F)cc(C(F)(F)F)c3)c2C=O)cn1. The third-order valence-electron chi connectivity index (χ3n) is 4.60. The number of alkyl halides is 6. The van der Waals surface area contributed by atoms with Crippen LogP contribution in [0.3, 0.4) is 0 Å². The van der Waals surface area contributed by atoms with Gasteiger partial charge in [0.1, 0.15) is 5.75 Å².